The number of carbonyl (C=O) groups excluding carboxylic acids is 2. The van der Waals surface area contributed by atoms with Gasteiger partial charge in [-0.25, -0.2) is 4.79 Å². The highest BCUT2D eigenvalue weighted by Crippen LogP contribution is 2.44. The maximum atomic E-state index is 12.6. The highest BCUT2D eigenvalue weighted by molar-refractivity contribution is 5.89. The van der Waals surface area contributed by atoms with Crippen LogP contribution in [0.3, 0.4) is 0 Å². The van der Waals surface area contributed by atoms with Gasteiger partial charge in [0.15, 0.2) is 0 Å². The van der Waals surface area contributed by atoms with E-state index in [0.29, 0.717) is 12.5 Å². The fourth-order valence-corrected chi connectivity index (χ4v) is 3.81. The first-order valence-corrected chi connectivity index (χ1v) is 11.2. The average molecular weight is 453 g/mol. The van der Waals surface area contributed by atoms with Crippen molar-refractivity contribution in [3.8, 4) is 11.1 Å². The first-order chi connectivity index (χ1) is 15.6. The van der Waals surface area contributed by atoms with E-state index in [-0.39, 0.29) is 17.9 Å². The van der Waals surface area contributed by atoms with Crippen LogP contribution in [-0.4, -0.2) is 42.3 Å². The van der Waals surface area contributed by atoms with Gasteiger partial charge in [0.2, 0.25) is 5.91 Å². The summed E-state index contributed by atoms with van der Waals surface area (Å²) in [4.78, 5) is 36.4. The lowest BCUT2D eigenvalue weighted by molar-refractivity contribution is -0.139. The van der Waals surface area contributed by atoms with Crippen molar-refractivity contribution in [3.05, 3.63) is 59.7 Å². The zero-order valence-corrected chi connectivity index (χ0v) is 19.6. The predicted molar refractivity (Wildman–Crippen MR) is 126 cm³/mol. The van der Waals surface area contributed by atoms with Gasteiger partial charge in [-0.1, -0.05) is 76.2 Å². The summed E-state index contributed by atoms with van der Waals surface area (Å²) >= 11 is 0. The van der Waals surface area contributed by atoms with Crippen LogP contribution < -0.4 is 10.6 Å². The minimum absolute atomic E-state index is 0.0850. The molecule has 0 bridgehead atoms. The third kappa shape index (κ3) is 5.72. The topological polar surface area (TPSA) is 105 Å². The molecule has 0 fully saturated rings. The van der Waals surface area contributed by atoms with Gasteiger partial charge >= 0.3 is 12.1 Å². The number of fused-ring (bicyclic) bond motifs is 3. The summed E-state index contributed by atoms with van der Waals surface area (Å²) in [5.41, 5.74) is 4.19. The van der Waals surface area contributed by atoms with E-state index in [2.05, 4.69) is 24.5 Å². The molecule has 0 heterocycles. The number of amides is 2. The number of ether oxygens (including phenoxy) is 1. The molecule has 7 heteroatoms. The molecule has 33 heavy (non-hydrogen) atoms. The van der Waals surface area contributed by atoms with Crippen molar-refractivity contribution in [2.75, 3.05) is 13.2 Å². The molecule has 2 aromatic rings. The first kappa shape index (κ1) is 24.3. The molecule has 2 aromatic carbocycles. The van der Waals surface area contributed by atoms with Crippen molar-refractivity contribution in [1.29, 1.82) is 0 Å². The first-order valence-electron chi connectivity index (χ1n) is 11.2. The summed E-state index contributed by atoms with van der Waals surface area (Å²) in [6.07, 6.45) is -1.35. The summed E-state index contributed by atoms with van der Waals surface area (Å²) in [6.45, 7) is 8.59. The van der Waals surface area contributed by atoms with Crippen LogP contribution in [-0.2, 0) is 14.3 Å². The molecule has 1 aliphatic carbocycles. The fraction of sp³-hybridized carbons (Fsp3) is 0.423. The second-order valence-electron chi connectivity index (χ2n) is 9.48. The number of hydrogen-bond acceptors (Lipinski definition) is 4. The Hall–Kier alpha value is -3.35. The molecule has 0 aliphatic heterocycles. The highest BCUT2D eigenvalue weighted by Gasteiger charge is 2.31. The number of carboxylic acids is 1. The number of nitrogens with one attached hydrogen (secondary N) is 2. The molecule has 1 unspecified atom stereocenters. The van der Waals surface area contributed by atoms with Crippen LogP contribution in [0.2, 0.25) is 0 Å². The molecular formula is C26H32N2O5. The summed E-state index contributed by atoms with van der Waals surface area (Å²) in [6, 6.07) is 14.7. The van der Waals surface area contributed by atoms with Crippen molar-refractivity contribution in [2.24, 2.45) is 11.3 Å². The molecule has 176 valence electrons. The van der Waals surface area contributed by atoms with Crippen LogP contribution in [0.5, 0.6) is 0 Å². The second-order valence-corrected chi connectivity index (χ2v) is 9.48. The highest BCUT2D eigenvalue weighted by atomic mass is 16.5. The molecule has 0 radical (unpaired) electrons. The van der Waals surface area contributed by atoms with Crippen molar-refractivity contribution >= 4 is 18.0 Å². The van der Waals surface area contributed by atoms with Gasteiger partial charge in [-0.05, 0) is 33.6 Å². The Balaban J connectivity index is 1.64. The lowest BCUT2D eigenvalue weighted by Gasteiger charge is -2.30. The van der Waals surface area contributed by atoms with Gasteiger partial charge in [0.25, 0.3) is 0 Å². The molecule has 3 rings (SSSR count). The minimum atomic E-state index is -1.22. The number of benzene rings is 2. The van der Waals surface area contributed by atoms with Gasteiger partial charge in [0.1, 0.15) is 12.6 Å². The number of carboxylic acid groups (broad SMARTS) is 1. The molecule has 0 saturated carbocycles. The summed E-state index contributed by atoms with van der Waals surface area (Å²) in [7, 11) is 0. The van der Waals surface area contributed by atoms with Crippen LogP contribution in [0.4, 0.5) is 4.79 Å². The van der Waals surface area contributed by atoms with Crippen molar-refractivity contribution in [3.63, 3.8) is 0 Å². The van der Waals surface area contributed by atoms with Crippen molar-refractivity contribution < 1.29 is 24.2 Å². The maximum absolute atomic E-state index is 12.6. The lowest BCUT2D eigenvalue weighted by atomic mass is 9.81. The number of aliphatic carboxylic acids is 1. The van der Waals surface area contributed by atoms with Crippen LogP contribution in [0, 0.1) is 11.3 Å². The second kappa shape index (κ2) is 10.1. The van der Waals surface area contributed by atoms with E-state index in [0.717, 1.165) is 22.3 Å². The molecule has 0 aromatic heterocycles. The number of carbonyl (C=O) groups is 3. The Morgan fingerprint density at radius 1 is 1.00 bits per heavy atom. The number of alkyl carbamates (subject to hydrolysis) is 1. The van der Waals surface area contributed by atoms with Gasteiger partial charge in [-0.15, -0.1) is 0 Å². The Morgan fingerprint density at radius 3 is 2.06 bits per heavy atom. The molecule has 0 saturated heterocycles. The van der Waals surface area contributed by atoms with Gasteiger partial charge in [-0.2, -0.15) is 0 Å². The number of rotatable bonds is 9. The summed E-state index contributed by atoms with van der Waals surface area (Å²) in [5.74, 6) is -1.54. The van der Waals surface area contributed by atoms with Gasteiger partial charge in [0, 0.05) is 12.5 Å². The van der Waals surface area contributed by atoms with E-state index in [4.69, 9.17) is 4.74 Å². The van der Waals surface area contributed by atoms with E-state index >= 15 is 0 Å². The summed E-state index contributed by atoms with van der Waals surface area (Å²) in [5, 5.41) is 14.4. The molecule has 2 amide bonds. The maximum Gasteiger partial charge on any atom is 0.407 e. The molecule has 7 nitrogen and oxygen atoms in total. The standard InChI is InChI=1S/C26H32N2O5/c1-16(2)26(3,4)15-27-24(31)22(13-23(29)30)28-25(32)33-14-21-19-11-7-5-9-17(19)18-10-6-8-12-20(18)21/h5-12,16,21-22H,13-15H2,1-4H3,(H,27,31)(H,28,32)(H,29,30). The van der Waals surface area contributed by atoms with Crippen LogP contribution in [0.1, 0.15) is 51.2 Å². The smallest absolute Gasteiger partial charge is 0.407 e. The molecular weight excluding hydrogens is 420 g/mol. The van der Waals surface area contributed by atoms with Gasteiger partial charge in [-0.3, -0.25) is 9.59 Å². The van der Waals surface area contributed by atoms with E-state index < -0.39 is 30.4 Å². The van der Waals surface area contributed by atoms with Crippen LogP contribution in [0.15, 0.2) is 48.5 Å². The zero-order chi connectivity index (χ0) is 24.2. The molecule has 1 atom stereocenters. The van der Waals surface area contributed by atoms with Crippen LogP contribution in [0.25, 0.3) is 11.1 Å². The normalized spacial score (nSPS) is 13.7. The van der Waals surface area contributed by atoms with E-state index in [1.165, 1.54) is 0 Å². The van der Waals surface area contributed by atoms with Gasteiger partial charge < -0.3 is 20.5 Å². The third-order valence-electron chi connectivity index (χ3n) is 6.61. The average Bonchev–Trinajstić information content (AvgIpc) is 3.09. The number of hydrogen-bond donors (Lipinski definition) is 3. The van der Waals surface area contributed by atoms with Crippen LogP contribution >= 0.6 is 0 Å². The minimum Gasteiger partial charge on any atom is -0.481 e. The Kier molecular flexibility index (Phi) is 7.41. The SMILES string of the molecule is CC(C)C(C)(C)CNC(=O)C(CC(=O)O)NC(=O)OCC1c2ccccc2-c2ccccc21. The van der Waals surface area contributed by atoms with Gasteiger partial charge in [0.05, 0.1) is 6.42 Å². The quantitative estimate of drug-likeness (QED) is 0.530. The fourth-order valence-electron chi connectivity index (χ4n) is 3.81. The Labute approximate surface area is 194 Å². The zero-order valence-electron chi connectivity index (χ0n) is 19.6. The molecule has 0 spiro atoms. The Morgan fingerprint density at radius 2 is 1.55 bits per heavy atom. The van der Waals surface area contributed by atoms with E-state index in [9.17, 15) is 19.5 Å². The third-order valence-corrected chi connectivity index (χ3v) is 6.61. The van der Waals surface area contributed by atoms with E-state index in [1.807, 2.05) is 62.4 Å². The van der Waals surface area contributed by atoms with E-state index in [1.54, 1.807) is 0 Å². The monoisotopic (exact) mass is 452 g/mol. The predicted octanol–water partition coefficient (Wildman–Crippen LogP) is 4.17. The summed E-state index contributed by atoms with van der Waals surface area (Å²) < 4.78 is 5.46. The Bertz CT molecular complexity index is 985. The largest absolute Gasteiger partial charge is 0.481 e. The molecule has 3 N–H and O–H groups in total. The molecule has 1 aliphatic rings. The lowest BCUT2D eigenvalue weighted by Crippen LogP contribution is -2.50. The van der Waals surface area contributed by atoms with Crippen molar-refractivity contribution in [1.82, 2.24) is 10.6 Å². The van der Waals surface area contributed by atoms with Crippen molar-refractivity contribution in [2.45, 2.75) is 46.1 Å².